The van der Waals surface area contributed by atoms with E-state index >= 15 is 0 Å². The quantitative estimate of drug-likeness (QED) is 0.487. The lowest BCUT2D eigenvalue weighted by Crippen LogP contribution is -2.46. The number of benzene rings is 1. The van der Waals surface area contributed by atoms with E-state index < -0.39 is 4.92 Å². The fourth-order valence-corrected chi connectivity index (χ4v) is 3.14. The Morgan fingerprint density at radius 2 is 1.78 bits per heavy atom. The van der Waals surface area contributed by atoms with Gasteiger partial charge in [0.1, 0.15) is 0 Å². The summed E-state index contributed by atoms with van der Waals surface area (Å²) >= 11 is 12.0. The first kappa shape index (κ1) is 23.7. The van der Waals surface area contributed by atoms with E-state index in [-0.39, 0.29) is 30.8 Å². The van der Waals surface area contributed by atoms with Crippen LogP contribution in [0.5, 0.6) is 0 Å². The van der Waals surface area contributed by atoms with Crippen LogP contribution < -0.4 is 4.90 Å². The molecule has 0 spiro atoms. The molecule has 12 heteroatoms. The summed E-state index contributed by atoms with van der Waals surface area (Å²) in [6, 6.07) is 5.71. The summed E-state index contributed by atoms with van der Waals surface area (Å²) in [4.78, 5) is 18.3. The highest BCUT2D eigenvalue weighted by Crippen LogP contribution is 2.27. The van der Waals surface area contributed by atoms with Gasteiger partial charge in [-0.3, -0.25) is 4.90 Å². The predicted octanol–water partition coefficient (Wildman–Crippen LogP) is 3.55. The fraction of sp³-hybridized carbons (Fsp3) is 0.467. The van der Waals surface area contributed by atoms with Crippen molar-refractivity contribution in [2.24, 2.45) is 0 Å². The molecule has 2 aromatic rings. The van der Waals surface area contributed by atoms with E-state index in [1.807, 2.05) is 18.2 Å². The van der Waals surface area contributed by atoms with Crippen LogP contribution in [-0.4, -0.2) is 57.3 Å². The predicted molar refractivity (Wildman–Crippen MR) is 111 cm³/mol. The van der Waals surface area contributed by atoms with E-state index in [4.69, 9.17) is 23.2 Å². The molecule has 2 heterocycles. The summed E-state index contributed by atoms with van der Waals surface area (Å²) in [6.45, 7) is 5.30. The van der Waals surface area contributed by atoms with Crippen molar-refractivity contribution in [3.63, 3.8) is 0 Å². The third kappa shape index (κ3) is 6.36. The molecular formula is C15H20Cl4N6O2. The van der Waals surface area contributed by atoms with E-state index in [1.165, 1.54) is 11.0 Å². The van der Waals surface area contributed by atoms with Crippen molar-refractivity contribution in [1.82, 2.24) is 19.7 Å². The molecule has 27 heavy (non-hydrogen) atoms. The summed E-state index contributed by atoms with van der Waals surface area (Å²) in [5.41, 5.74) is 1.09. The minimum Gasteiger partial charge on any atom is -0.390 e. The molecule has 1 saturated heterocycles. The van der Waals surface area contributed by atoms with Gasteiger partial charge in [-0.05, 0) is 29.5 Å². The molecule has 0 aliphatic carbocycles. The highest BCUT2D eigenvalue weighted by molar-refractivity contribution is 6.42. The second-order valence-corrected chi connectivity index (χ2v) is 6.66. The molecular weight excluding hydrogens is 438 g/mol. The molecule has 0 N–H and O–H groups in total. The molecule has 8 nitrogen and oxygen atoms in total. The fourth-order valence-electron chi connectivity index (χ4n) is 2.84. The van der Waals surface area contributed by atoms with Gasteiger partial charge in [-0.25, -0.2) is 0 Å². The number of anilines is 1. The van der Waals surface area contributed by atoms with Gasteiger partial charge in [-0.15, -0.1) is 24.8 Å². The number of hydrogen-bond donors (Lipinski definition) is 0. The molecule has 1 fully saturated rings. The highest BCUT2D eigenvalue weighted by Gasteiger charge is 2.18. The van der Waals surface area contributed by atoms with Gasteiger partial charge in [-0.1, -0.05) is 28.2 Å². The summed E-state index contributed by atoms with van der Waals surface area (Å²) in [6.07, 6.45) is 2.27. The second-order valence-electron chi connectivity index (χ2n) is 5.85. The van der Waals surface area contributed by atoms with Crippen LogP contribution in [0.25, 0.3) is 0 Å². The first-order valence-electron chi connectivity index (χ1n) is 7.99. The van der Waals surface area contributed by atoms with Crippen molar-refractivity contribution in [3.05, 3.63) is 44.7 Å². The van der Waals surface area contributed by atoms with Gasteiger partial charge in [-0.2, -0.15) is 4.68 Å². The first-order valence-corrected chi connectivity index (χ1v) is 8.75. The van der Waals surface area contributed by atoms with Gasteiger partial charge in [0, 0.05) is 43.5 Å². The molecule has 0 unspecified atom stereocenters. The molecule has 150 valence electrons. The van der Waals surface area contributed by atoms with Crippen molar-refractivity contribution >= 4 is 59.7 Å². The van der Waals surface area contributed by atoms with Crippen molar-refractivity contribution in [2.45, 2.75) is 13.0 Å². The van der Waals surface area contributed by atoms with Gasteiger partial charge in [0.25, 0.3) is 0 Å². The zero-order valence-corrected chi connectivity index (χ0v) is 17.5. The van der Waals surface area contributed by atoms with Crippen LogP contribution in [0, 0.1) is 10.1 Å². The Balaban J connectivity index is 0.00000182. The van der Waals surface area contributed by atoms with Crippen LogP contribution >= 0.6 is 48.0 Å². The minimum atomic E-state index is -0.585. The molecule has 1 aliphatic rings. The largest absolute Gasteiger partial charge is 0.490 e. The van der Waals surface area contributed by atoms with Crippen molar-refractivity contribution < 1.29 is 4.92 Å². The maximum atomic E-state index is 10.6. The van der Waals surface area contributed by atoms with Gasteiger partial charge in [0.2, 0.25) is 6.33 Å². The zero-order chi connectivity index (χ0) is 17.8. The Morgan fingerprint density at radius 3 is 2.37 bits per heavy atom. The lowest BCUT2D eigenvalue weighted by molar-refractivity contribution is -0.394. The summed E-state index contributed by atoms with van der Waals surface area (Å²) in [7, 11) is 0. The van der Waals surface area contributed by atoms with Crippen LogP contribution in [0.15, 0.2) is 24.5 Å². The van der Waals surface area contributed by atoms with Crippen molar-refractivity contribution in [3.8, 4) is 0 Å². The average molecular weight is 458 g/mol. The third-order valence-corrected chi connectivity index (χ3v) is 4.93. The lowest BCUT2D eigenvalue weighted by Gasteiger charge is -2.36. The average Bonchev–Trinajstić information content (AvgIpc) is 3.07. The number of rotatable bonds is 6. The summed E-state index contributed by atoms with van der Waals surface area (Å²) in [5, 5.41) is 15.5. The van der Waals surface area contributed by atoms with E-state index in [2.05, 4.69) is 19.9 Å². The number of nitro groups is 1. The molecule has 0 saturated carbocycles. The smallest absolute Gasteiger partial charge is 0.390 e. The van der Waals surface area contributed by atoms with Gasteiger partial charge in [0.15, 0.2) is 0 Å². The number of aryl methyl sites for hydroxylation is 1. The second kappa shape index (κ2) is 10.9. The molecule has 1 aliphatic heterocycles. The van der Waals surface area contributed by atoms with Gasteiger partial charge >= 0.3 is 5.95 Å². The van der Waals surface area contributed by atoms with Crippen LogP contribution in [0.2, 0.25) is 10.0 Å². The monoisotopic (exact) mass is 456 g/mol. The Kier molecular flexibility index (Phi) is 9.55. The molecule has 0 radical (unpaired) electrons. The molecule has 0 bridgehead atoms. The lowest BCUT2D eigenvalue weighted by atomic mass is 10.2. The van der Waals surface area contributed by atoms with Crippen LogP contribution in [0.1, 0.15) is 6.42 Å². The number of hydrogen-bond acceptors (Lipinski definition) is 6. The SMILES string of the molecule is Cl.Cl.O=[N+]([O-])c1ncn(CCCN2CCN(c3ccc(Cl)c(Cl)c3)CC2)n1. The van der Waals surface area contributed by atoms with E-state index in [0.717, 1.165) is 44.8 Å². The van der Waals surface area contributed by atoms with Crippen LogP contribution in [0.3, 0.4) is 0 Å². The standard InChI is InChI=1S/C15H18Cl2N6O2.2ClH/c16-13-3-2-12(10-14(13)17)21-8-6-20(7-9-21)4-1-5-22-11-18-15(19-22)23(24)25;;/h2-3,10-11H,1,4-9H2;2*1H. The number of halogens is 4. The van der Waals surface area contributed by atoms with E-state index in [0.29, 0.717) is 16.6 Å². The number of nitrogens with zero attached hydrogens (tertiary/aromatic N) is 6. The summed E-state index contributed by atoms with van der Waals surface area (Å²) in [5.74, 6) is -0.352. The van der Waals surface area contributed by atoms with E-state index in [1.54, 1.807) is 0 Å². The third-order valence-electron chi connectivity index (χ3n) is 4.19. The zero-order valence-electron chi connectivity index (χ0n) is 14.3. The molecule has 1 aromatic heterocycles. The maximum absolute atomic E-state index is 10.6. The van der Waals surface area contributed by atoms with Gasteiger partial charge in [0.05, 0.1) is 16.6 Å². The normalized spacial score (nSPS) is 14.4. The van der Waals surface area contributed by atoms with Crippen molar-refractivity contribution in [2.75, 3.05) is 37.6 Å². The highest BCUT2D eigenvalue weighted by atomic mass is 35.5. The maximum Gasteiger partial charge on any atom is 0.490 e. The molecule has 1 aromatic carbocycles. The van der Waals surface area contributed by atoms with Crippen LogP contribution in [0.4, 0.5) is 11.6 Å². The Morgan fingerprint density at radius 1 is 1.07 bits per heavy atom. The summed E-state index contributed by atoms with van der Waals surface area (Å²) < 4.78 is 1.52. The minimum absolute atomic E-state index is 0. The van der Waals surface area contributed by atoms with Crippen LogP contribution in [-0.2, 0) is 6.54 Å². The Hall–Kier alpha value is -1.32. The van der Waals surface area contributed by atoms with E-state index in [9.17, 15) is 10.1 Å². The number of aromatic nitrogens is 3. The Labute approximate surface area is 179 Å². The Bertz CT molecular complexity index is 752. The molecule has 0 atom stereocenters. The van der Waals surface area contributed by atoms with Gasteiger partial charge < -0.3 is 15.0 Å². The van der Waals surface area contributed by atoms with Crippen molar-refractivity contribution in [1.29, 1.82) is 0 Å². The molecule has 3 rings (SSSR count). The first-order chi connectivity index (χ1) is 12.0. The number of piperazine rings is 1. The topological polar surface area (TPSA) is 80.3 Å². The molecule has 0 amide bonds.